The van der Waals surface area contributed by atoms with Crippen LogP contribution in [0.3, 0.4) is 0 Å². The molecule has 7 nitrogen and oxygen atoms in total. The Kier molecular flexibility index (Phi) is 9.01. The highest BCUT2D eigenvalue weighted by molar-refractivity contribution is 9.10. The van der Waals surface area contributed by atoms with Crippen molar-refractivity contribution in [1.82, 2.24) is 9.84 Å². The van der Waals surface area contributed by atoms with E-state index in [0.29, 0.717) is 17.7 Å². The third-order valence-electron chi connectivity index (χ3n) is 5.16. The van der Waals surface area contributed by atoms with Crippen LogP contribution in [0, 0.1) is 0 Å². The zero-order chi connectivity index (χ0) is 24.7. The van der Waals surface area contributed by atoms with E-state index >= 15 is 0 Å². The zero-order valence-electron chi connectivity index (χ0n) is 18.5. The van der Waals surface area contributed by atoms with Crippen molar-refractivity contribution in [3.63, 3.8) is 0 Å². The highest BCUT2D eigenvalue weighted by Gasteiger charge is 2.33. The predicted octanol–water partition coefficient (Wildman–Crippen LogP) is 5.09. The van der Waals surface area contributed by atoms with Crippen LogP contribution in [-0.2, 0) is 26.0 Å². The number of aliphatic carboxylic acids is 1. The average molecular weight is 566 g/mol. The number of hydrogen-bond acceptors (Lipinski definition) is 5. The van der Waals surface area contributed by atoms with E-state index in [1.54, 1.807) is 29.6 Å². The van der Waals surface area contributed by atoms with Crippen molar-refractivity contribution in [1.29, 1.82) is 0 Å². The number of carboxylic acids is 1. The molecule has 0 aliphatic rings. The van der Waals surface area contributed by atoms with Crippen LogP contribution in [0.2, 0.25) is 0 Å². The van der Waals surface area contributed by atoms with E-state index in [4.69, 9.17) is 0 Å². The monoisotopic (exact) mass is 564 g/mol. The van der Waals surface area contributed by atoms with E-state index in [1.165, 1.54) is 23.5 Å². The third-order valence-corrected chi connectivity index (χ3v) is 7.90. The summed E-state index contributed by atoms with van der Waals surface area (Å²) in [7, 11) is -4.21. The summed E-state index contributed by atoms with van der Waals surface area (Å²) in [5.74, 6) is -1.89. The number of nitrogens with one attached hydrogen (secondary N) is 1. The maximum Gasteiger partial charge on any atom is 0.328 e. The number of thiophene rings is 1. The second kappa shape index (κ2) is 11.7. The number of carbonyl (C=O) groups is 2. The van der Waals surface area contributed by atoms with Gasteiger partial charge in [-0.2, -0.15) is 0 Å². The molecule has 1 heterocycles. The molecule has 0 spiro atoms. The Morgan fingerprint density at radius 3 is 2.21 bits per heavy atom. The fourth-order valence-electron chi connectivity index (χ4n) is 3.35. The molecule has 1 unspecified atom stereocenters. The lowest BCUT2D eigenvalue weighted by molar-refractivity contribution is -0.151. The number of carboxylic acid groups (broad SMARTS) is 1. The molecule has 1 atom stereocenters. The van der Waals surface area contributed by atoms with Gasteiger partial charge in [0.15, 0.2) is 0 Å². The van der Waals surface area contributed by atoms with Crippen LogP contribution in [0.25, 0.3) is 11.1 Å². The SMILES string of the molecule is CCCCC(C(=O)O)N(NS(=O)(=O)c1ccc(-c2ccc(Br)cc2)cc1)C(=O)Cc1cccs1. The fourth-order valence-corrected chi connectivity index (χ4v) is 5.40. The Balaban J connectivity index is 1.87. The Bertz CT molecular complexity index is 1210. The topological polar surface area (TPSA) is 104 Å². The smallest absolute Gasteiger partial charge is 0.328 e. The zero-order valence-corrected chi connectivity index (χ0v) is 21.7. The number of carbonyl (C=O) groups excluding carboxylic acids is 1. The van der Waals surface area contributed by atoms with E-state index in [0.717, 1.165) is 20.6 Å². The molecular formula is C24H25BrN2O5S2. The van der Waals surface area contributed by atoms with Crippen molar-refractivity contribution in [2.45, 2.75) is 43.5 Å². The summed E-state index contributed by atoms with van der Waals surface area (Å²) < 4.78 is 27.2. The van der Waals surface area contributed by atoms with Gasteiger partial charge in [-0.3, -0.25) is 4.79 Å². The van der Waals surface area contributed by atoms with Gasteiger partial charge in [-0.25, -0.2) is 18.2 Å². The molecule has 2 N–H and O–H groups in total. The summed E-state index contributed by atoms with van der Waals surface area (Å²) in [5.41, 5.74) is 1.74. The summed E-state index contributed by atoms with van der Waals surface area (Å²) in [6.45, 7) is 1.90. The van der Waals surface area contributed by atoms with Crippen LogP contribution in [0.15, 0.2) is 75.4 Å². The van der Waals surface area contributed by atoms with Crippen molar-refractivity contribution in [3.05, 3.63) is 75.4 Å². The lowest BCUT2D eigenvalue weighted by Crippen LogP contribution is -2.55. The molecule has 2 aromatic carbocycles. The van der Waals surface area contributed by atoms with Gasteiger partial charge in [-0.1, -0.05) is 66.0 Å². The second-order valence-corrected chi connectivity index (χ2v) is 11.3. The number of amides is 1. The van der Waals surface area contributed by atoms with Gasteiger partial charge in [0.05, 0.1) is 11.3 Å². The van der Waals surface area contributed by atoms with Crippen molar-refractivity contribution in [2.24, 2.45) is 0 Å². The molecule has 0 aliphatic carbocycles. The molecule has 1 amide bonds. The number of hydrogen-bond donors (Lipinski definition) is 2. The number of hydrazine groups is 1. The Labute approximate surface area is 211 Å². The quantitative estimate of drug-likeness (QED) is 0.316. The molecule has 10 heteroatoms. The Morgan fingerprint density at radius 1 is 1.06 bits per heavy atom. The number of halogens is 1. The van der Waals surface area contributed by atoms with Gasteiger partial charge in [-0.05, 0) is 53.3 Å². The van der Waals surface area contributed by atoms with E-state index in [-0.39, 0.29) is 17.7 Å². The van der Waals surface area contributed by atoms with Gasteiger partial charge in [-0.15, -0.1) is 16.2 Å². The van der Waals surface area contributed by atoms with Gasteiger partial charge in [0.25, 0.3) is 10.0 Å². The highest BCUT2D eigenvalue weighted by atomic mass is 79.9. The normalized spacial score (nSPS) is 12.3. The lowest BCUT2D eigenvalue weighted by Gasteiger charge is -2.29. The maximum atomic E-state index is 13.1. The minimum atomic E-state index is -4.21. The van der Waals surface area contributed by atoms with Gasteiger partial charge < -0.3 is 5.11 Å². The first-order chi connectivity index (χ1) is 16.2. The molecule has 34 heavy (non-hydrogen) atoms. The number of benzene rings is 2. The lowest BCUT2D eigenvalue weighted by atomic mass is 10.1. The van der Waals surface area contributed by atoms with E-state index in [1.807, 2.05) is 31.2 Å². The van der Waals surface area contributed by atoms with Crippen LogP contribution >= 0.6 is 27.3 Å². The van der Waals surface area contributed by atoms with Gasteiger partial charge in [0.2, 0.25) is 5.91 Å². The molecule has 1 aromatic heterocycles. The van der Waals surface area contributed by atoms with Crippen LogP contribution in [0.4, 0.5) is 0 Å². The first kappa shape index (κ1) is 26.1. The summed E-state index contributed by atoms with van der Waals surface area (Å²) >= 11 is 4.73. The number of nitrogens with zero attached hydrogens (tertiary/aromatic N) is 1. The van der Waals surface area contributed by atoms with Crippen LogP contribution in [0.1, 0.15) is 31.1 Å². The van der Waals surface area contributed by atoms with Gasteiger partial charge in [0.1, 0.15) is 6.04 Å². The van der Waals surface area contributed by atoms with E-state index in [9.17, 15) is 23.1 Å². The van der Waals surface area contributed by atoms with Crippen molar-refractivity contribution in [3.8, 4) is 11.1 Å². The maximum absolute atomic E-state index is 13.1. The minimum absolute atomic E-state index is 0.0677. The average Bonchev–Trinajstić information content (AvgIpc) is 3.32. The molecule has 0 saturated carbocycles. The van der Waals surface area contributed by atoms with Crippen molar-refractivity contribution < 1.29 is 23.1 Å². The molecule has 0 radical (unpaired) electrons. The second-order valence-electron chi connectivity index (χ2n) is 7.64. The number of sulfonamides is 1. The third kappa shape index (κ3) is 6.75. The molecule has 3 aromatic rings. The van der Waals surface area contributed by atoms with E-state index in [2.05, 4.69) is 20.8 Å². The number of unbranched alkanes of at least 4 members (excludes halogenated alkanes) is 1. The molecular weight excluding hydrogens is 540 g/mol. The first-order valence-corrected chi connectivity index (χ1v) is 13.8. The van der Waals surface area contributed by atoms with Crippen LogP contribution in [-0.4, -0.2) is 36.5 Å². The minimum Gasteiger partial charge on any atom is -0.480 e. The molecule has 0 aliphatic heterocycles. The standard InChI is InChI=1S/C24H25BrN2O5S2/c1-2-3-6-22(24(29)30)27(23(28)16-20-5-4-15-33-20)26-34(31,32)21-13-9-18(10-14-21)17-7-11-19(25)12-8-17/h4-5,7-15,22,26H,2-3,6,16H2,1H3,(H,29,30). The predicted molar refractivity (Wildman–Crippen MR) is 136 cm³/mol. The molecule has 0 saturated heterocycles. The summed E-state index contributed by atoms with van der Waals surface area (Å²) in [6, 6.07) is 16.0. The molecule has 0 bridgehead atoms. The molecule has 0 fully saturated rings. The first-order valence-electron chi connectivity index (χ1n) is 10.7. The Hall–Kier alpha value is -2.53. The van der Waals surface area contributed by atoms with Crippen molar-refractivity contribution in [2.75, 3.05) is 0 Å². The van der Waals surface area contributed by atoms with Crippen LogP contribution in [0.5, 0.6) is 0 Å². The number of rotatable bonds is 11. The molecule has 180 valence electrons. The summed E-state index contributed by atoms with van der Waals surface area (Å²) in [6.07, 6.45) is 1.27. The fraction of sp³-hybridized carbons (Fsp3) is 0.250. The van der Waals surface area contributed by atoms with Gasteiger partial charge in [0, 0.05) is 9.35 Å². The van der Waals surface area contributed by atoms with E-state index < -0.39 is 27.9 Å². The summed E-state index contributed by atoms with van der Waals surface area (Å²) in [5, 5.41) is 12.3. The van der Waals surface area contributed by atoms with Crippen LogP contribution < -0.4 is 4.83 Å². The van der Waals surface area contributed by atoms with Crippen molar-refractivity contribution >= 4 is 49.2 Å². The Morgan fingerprint density at radius 2 is 1.68 bits per heavy atom. The van der Waals surface area contributed by atoms with Gasteiger partial charge >= 0.3 is 5.97 Å². The largest absolute Gasteiger partial charge is 0.480 e. The summed E-state index contributed by atoms with van der Waals surface area (Å²) in [4.78, 5) is 27.9. The highest BCUT2D eigenvalue weighted by Crippen LogP contribution is 2.24. The molecule has 3 rings (SSSR count).